The number of hydrogen-bond donors (Lipinski definition) is 0. The highest BCUT2D eigenvalue weighted by atomic mass is 14.9. The fraction of sp³-hybridized carbons (Fsp3) is 0.0250. The molecule has 7 aromatic rings. The summed E-state index contributed by atoms with van der Waals surface area (Å²) in [6, 6.07) is 52.1. The molecule has 3 nitrogen and oxygen atoms in total. The van der Waals surface area contributed by atoms with E-state index < -0.39 is 0 Å². The molecule has 0 saturated carbocycles. The molecule has 0 N–H and O–H groups in total. The lowest BCUT2D eigenvalue weighted by Crippen LogP contribution is -2.00. The molecule has 0 aliphatic carbocycles. The zero-order chi connectivity index (χ0) is 29.2. The summed E-state index contributed by atoms with van der Waals surface area (Å²) in [6.45, 7) is 2.11. The third-order valence-electron chi connectivity index (χ3n) is 7.93. The van der Waals surface area contributed by atoms with Crippen molar-refractivity contribution in [2.45, 2.75) is 6.92 Å². The summed E-state index contributed by atoms with van der Waals surface area (Å²) in [6.07, 6.45) is 0. The Morgan fingerprint density at radius 2 is 1.02 bits per heavy atom. The first-order valence-corrected chi connectivity index (χ1v) is 14.3. The van der Waals surface area contributed by atoms with Gasteiger partial charge in [-0.05, 0) is 52.1 Å². The van der Waals surface area contributed by atoms with Crippen LogP contribution in [0.4, 0.5) is 0 Å². The fourth-order valence-electron chi connectivity index (χ4n) is 5.73. The van der Waals surface area contributed by atoms with E-state index in [4.69, 9.17) is 9.97 Å². The lowest BCUT2D eigenvalue weighted by Gasteiger charge is -2.16. The van der Waals surface area contributed by atoms with Gasteiger partial charge in [0.2, 0.25) is 0 Å². The summed E-state index contributed by atoms with van der Waals surface area (Å²) < 4.78 is 0. The van der Waals surface area contributed by atoms with Crippen molar-refractivity contribution in [1.82, 2.24) is 9.97 Å². The Kier molecular flexibility index (Phi) is 6.79. The van der Waals surface area contributed by atoms with Crippen molar-refractivity contribution in [3.63, 3.8) is 0 Å². The number of nitriles is 1. The van der Waals surface area contributed by atoms with Crippen molar-refractivity contribution in [3.05, 3.63) is 157 Å². The minimum absolute atomic E-state index is 0.653. The number of hydrogen-bond acceptors (Lipinski definition) is 3. The maximum atomic E-state index is 9.32. The Morgan fingerprint density at radius 3 is 1.67 bits per heavy atom. The smallest absolute Gasteiger partial charge is 0.160 e. The van der Waals surface area contributed by atoms with Gasteiger partial charge in [-0.25, -0.2) is 9.97 Å². The third kappa shape index (κ3) is 4.96. The Balaban J connectivity index is 1.38. The van der Waals surface area contributed by atoms with Crippen LogP contribution in [0.1, 0.15) is 11.1 Å². The maximum absolute atomic E-state index is 9.32. The van der Waals surface area contributed by atoms with Gasteiger partial charge in [-0.2, -0.15) is 5.26 Å². The second-order valence-corrected chi connectivity index (χ2v) is 10.6. The Hall–Kier alpha value is -5.85. The first-order chi connectivity index (χ1) is 21.2. The van der Waals surface area contributed by atoms with E-state index >= 15 is 0 Å². The van der Waals surface area contributed by atoms with Crippen LogP contribution in [0.2, 0.25) is 0 Å². The zero-order valence-electron chi connectivity index (χ0n) is 23.7. The highest BCUT2D eigenvalue weighted by Crippen LogP contribution is 2.39. The van der Waals surface area contributed by atoms with E-state index in [1.54, 1.807) is 0 Å². The molecular weight excluding hydrogens is 522 g/mol. The largest absolute Gasteiger partial charge is 0.228 e. The molecule has 43 heavy (non-hydrogen) atoms. The van der Waals surface area contributed by atoms with Crippen LogP contribution in [-0.4, -0.2) is 9.97 Å². The lowest BCUT2D eigenvalue weighted by molar-refractivity contribution is 1.15. The molecule has 7 rings (SSSR count). The number of nitrogens with zero attached hydrogens (tertiary/aromatic N) is 3. The van der Waals surface area contributed by atoms with Gasteiger partial charge in [0.1, 0.15) is 0 Å². The minimum atomic E-state index is 0.653. The Labute approximate surface area is 251 Å². The van der Waals surface area contributed by atoms with Gasteiger partial charge in [0.15, 0.2) is 5.82 Å². The molecule has 0 aliphatic rings. The molecule has 0 spiro atoms. The summed E-state index contributed by atoms with van der Waals surface area (Å²) in [5, 5.41) is 11.7. The van der Waals surface area contributed by atoms with Gasteiger partial charge in [0.05, 0.1) is 23.0 Å². The average molecular weight is 550 g/mol. The summed E-state index contributed by atoms with van der Waals surface area (Å²) in [4.78, 5) is 10.1. The molecule has 3 heteroatoms. The van der Waals surface area contributed by atoms with Crippen molar-refractivity contribution >= 4 is 10.8 Å². The predicted molar refractivity (Wildman–Crippen MR) is 176 cm³/mol. The SMILES string of the molecule is Cc1c(-c2ccccc2)nc(-c2ccccc2)nc1-c1ccc(-c2c(-c3ccc(C#N)cc3)ccc3ccccc23)cc1. The first-order valence-electron chi connectivity index (χ1n) is 14.3. The quantitative estimate of drug-likeness (QED) is 0.215. The van der Waals surface area contributed by atoms with E-state index in [1.807, 2.05) is 60.7 Å². The van der Waals surface area contributed by atoms with Gasteiger partial charge < -0.3 is 0 Å². The molecule has 0 bridgehead atoms. The zero-order valence-corrected chi connectivity index (χ0v) is 23.7. The molecular formula is C40H27N3. The third-order valence-corrected chi connectivity index (χ3v) is 7.93. The van der Waals surface area contributed by atoms with E-state index in [9.17, 15) is 5.26 Å². The van der Waals surface area contributed by atoms with Crippen LogP contribution >= 0.6 is 0 Å². The molecule has 0 unspecified atom stereocenters. The fourth-order valence-corrected chi connectivity index (χ4v) is 5.73. The van der Waals surface area contributed by atoms with Crippen LogP contribution in [0.3, 0.4) is 0 Å². The second-order valence-electron chi connectivity index (χ2n) is 10.6. The van der Waals surface area contributed by atoms with Crippen LogP contribution in [0.5, 0.6) is 0 Å². The lowest BCUT2D eigenvalue weighted by atomic mass is 9.89. The topological polar surface area (TPSA) is 49.6 Å². The molecule has 202 valence electrons. The van der Waals surface area contributed by atoms with Crippen molar-refractivity contribution in [3.8, 4) is 62.2 Å². The number of fused-ring (bicyclic) bond motifs is 1. The van der Waals surface area contributed by atoms with Crippen molar-refractivity contribution < 1.29 is 0 Å². The first kappa shape index (κ1) is 26.1. The average Bonchev–Trinajstić information content (AvgIpc) is 3.09. The highest BCUT2D eigenvalue weighted by molar-refractivity contribution is 6.04. The van der Waals surface area contributed by atoms with E-state index in [0.717, 1.165) is 50.3 Å². The van der Waals surface area contributed by atoms with E-state index in [0.29, 0.717) is 11.4 Å². The second kappa shape index (κ2) is 11.2. The van der Waals surface area contributed by atoms with Gasteiger partial charge in [-0.3, -0.25) is 0 Å². The summed E-state index contributed by atoms with van der Waals surface area (Å²) >= 11 is 0. The van der Waals surface area contributed by atoms with Crippen molar-refractivity contribution in [2.24, 2.45) is 0 Å². The molecule has 1 aromatic heterocycles. The van der Waals surface area contributed by atoms with Crippen molar-refractivity contribution in [2.75, 3.05) is 0 Å². The Morgan fingerprint density at radius 1 is 0.488 bits per heavy atom. The van der Waals surface area contributed by atoms with E-state index in [1.165, 1.54) is 16.3 Å². The number of aromatic nitrogens is 2. The number of benzene rings is 6. The maximum Gasteiger partial charge on any atom is 0.160 e. The Bertz CT molecular complexity index is 2110. The van der Waals surface area contributed by atoms with E-state index in [-0.39, 0.29) is 0 Å². The molecule has 0 fully saturated rings. The standard InChI is InChI=1S/C40H27N3/c1-27-38(32-11-4-2-5-12-32)42-40(34-13-6-3-7-14-34)43-39(27)33-22-20-31(21-23-33)37-35-15-9-8-10-29(35)24-25-36(37)30-18-16-28(26-41)17-19-30/h2-25H,1H3. The monoisotopic (exact) mass is 549 g/mol. The molecule has 0 amide bonds. The van der Waals surface area contributed by atoms with Crippen LogP contribution < -0.4 is 0 Å². The predicted octanol–water partition coefficient (Wildman–Crippen LogP) is 10.1. The summed E-state index contributed by atoms with van der Waals surface area (Å²) in [7, 11) is 0. The van der Waals surface area contributed by atoms with Gasteiger partial charge in [-0.15, -0.1) is 0 Å². The van der Waals surface area contributed by atoms with Gasteiger partial charge in [-0.1, -0.05) is 133 Å². The van der Waals surface area contributed by atoms with Crippen LogP contribution in [0, 0.1) is 18.3 Å². The molecule has 0 radical (unpaired) electrons. The summed E-state index contributed by atoms with van der Waals surface area (Å²) in [5.74, 6) is 0.710. The number of rotatable bonds is 5. The molecule has 0 saturated heterocycles. The minimum Gasteiger partial charge on any atom is -0.228 e. The normalized spacial score (nSPS) is 10.9. The molecule has 1 heterocycles. The molecule has 0 aliphatic heterocycles. The van der Waals surface area contributed by atoms with E-state index in [2.05, 4.69) is 97.9 Å². The summed E-state index contributed by atoms with van der Waals surface area (Å²) in [5.41, 5.74) is 11.2. The van der Waals surface area contributed by atoms with Gasteiger partial charge in [0.25, 0.3) is 0 Å². The van der Waals surface area contributed by atoms with Crippen LogP contribution in [-0.2, 0) is 0 Å². The van der Waals surface area contributed by atoms with Gasteiger partial charge >= 0.3 is 0 Å². The van der Waals surface area contributed by atoms with Crippen molar-refractivity contribution in [1.29, 1.82) is 5.26 Å². The van der Waals surface area contributed by atoms with Gasteiger partial charge in [0, 0.05) is 22.3 Å². The van der Waals surface area contributed by atoms with Crippen LogP contribution in [0.15, 0.2) is 146 Å². The highest BCUT2D eigenvalue weighted by Gasteiger charge is 2.17. The van der Waals surface area contributed by atoms with Crippen LogP contribution in [0.25, 0.3) is 66.9 Å². The molecule has 0 atom stereocenters. The molecule has 6 aromatic carbocycles.